The number of hydrogen-bond donors (Lipinski definition) is 1. The molecule has 3 heteroatoms. The number of benzene rings is 1. The maximum absolute atomic E-state index is 6.09. The Bertz CT molecular complexity index is 376. The van der Waals surface area contributed by atoms with Crippen molar-refractivity contribution in [1.82, 2.24) is 4.90 Å². The highest BCUT2D eigenvalue weighted by Gasteiger charge is 2.16. The molecular formula is C14H22N2O. The van der Waals surface area contributed by atoms with Crippen LogP contribution in [-0.2, 0) is 6.42 Å². The van der Waals surface area contributed by atoms with Crippen LogP contribution in [-0.4, -0.2) is 32.1 Å². The Kier molecular flexibility index (Phi) is 4.02. The molecule has 0 aromatic heterocycles. The molecule has 0 heterocycles. The molecule has 0 saturated heterocycles. The van der Waals surface area contributed by atoms with Crippen molar-refractivity contribution >= 4 is 0 Å². The van der Waals surface area contributed by atoms with Crippen LogP contribution in [0, 0.1) is 0 Å². The van der Waals surface area contributed by atoms with Gasteiger partial charge in [0.1, 0.15) is 12.4 Å². The Hall–Kier alpha value is -1.06. The summed E-state index contributed by atoms with van der Waals surface area (Å²) in [6.07, 6.45) is 3.43. The second kappa shape index (κ2) is 5.52. The molecule has 0 fully saturated rings. The van der Waals surface area contributed by atoms with Crippen molar-refractivity contribution < 1.29 is 4.74 Å². The smallest absolute Gasteiger partial charge is 0.119 e. The Balaban J connectivity index is 2.01. The Morgan fingerprint density at radius 2 is 2.24 bits per heavy atom. The van der Waals surface area contributed by atoms with Gasteiger partial charge in [0.2, 0.25) is 0 Å². The number of likely N-dealkylation sites (N-methyl/N-ethyl adjacent to an activating group) is 1. The summed E-state index contributed by atoms with van der Waals surface area (Å²) in [6, 6.07) is 6.54. The monoisotopic (exact) mass is 234 g/mol. The van der Waals surface area contributed by atoms with Gasteiger partial charge in [-0.25, -0.2) is 0 Å². The first kappa shape index (κ1) is 12.4. The second-order valence-electron chi connectivity index (χ2n) is 5.01. The standard InChI is InChI=1S/C14H22N2O/c1-16(2)8-9-17-12-6-7-13-11(10-12)4-3-5-14(13)15/h6-7,10,14H,3-5,8-9,15H2,1-2H3/t14-/m1/s1. The predicted molar refractivity (Wildman–Crippen MR) is 70.4 cm³/mol. The second-order valence-corrected chi connectivity index (χ2v) is 5.01. The molecule has 1 atom stereocenters. The molecule has 2 N–H and O–H groups in total. The normalized spacial score (nSPS) is 19.2. The largest absolute Gasteiger partial charge is 0.492 e. The fraction of sp³-hybridized carbons (Fsp3) is 0.571. The van der Waals surface area contributed by atoms with Gasteiger partial charge in [0.15, 0.2) is 0 Å². The molecule has 0 unspecified atom stereocenters. The molecule has 1 aliphatic rings. The first-order chi connectivity index (χ1) is 8.16. The zero-order chi connectivity index (χ0) is 12.3. The fourth-order valence-electron chi connectivity index (χ4n) is 2.26. The van der Waals surface area contributed by atoms with E-state index in [1.54, 1.807) is 0 Å². The van der Waals surface area contributed by atoms with Crippen molar-refractivity contribution in [3.05, 3.63) is 29.3 Å². The number of fused-ring (bicyclic) bond motifs is 1. The van der Waals surface area contributed by atoms with Crippen molar-refractivity contribution in [1.29, 1.82) is 0 Å². The number of aryl methyl sites for hydroxylation is 1. The van der Waals surface area contributed by atoms with Gasteiger partial charge in [0, 0.05) is 12.6 Å². The molecule has 0 bridgehead atoms. The lowest BCUT2D eigenvalue weighted by Gasteiger charge is -2.22. The van der Waals surface area contributed by atoms with Crippen molar-refractivity contribution in [3.63, 3.8) is 0 Å². The summed E-state index contributed by atoms with van der Waals surface area (Å²) >= 11 is 0. The van der Waals surface area contributed by atoms with Crippen LogP contribution in [0.3, 0.4) is 0 Å². The van der Waals surface area contributed by atoms with Gasteiger partial charge >= 0.3 is 0 Å². The topological polar surface area (TPSA) is 38.5 Å². The molecule has 0 amide bonds. The molecule has 0 spiro atoms. The van der Waals surface area contributed by atoms with Crippen molar-refractivity contribution in [2.75, 3.05) is 27.2 Å². The summed E-state index contributed by atoms with van der Waals surface area (Å²) in [5, 5.41) is 0. The first-order valence-electron chi connectivity index (χ1n) is 6.33. The van der Waals surface area contributed by atoms with Gasteiger partial charge in [-0.05, 0) is 56.6 Å². The van der Waals surface area contributed by atoms with Gasteiger partial charge in [-0.15, -0.1) is 0 Å². The summed E-state index contributed by atoms with van der Waals surface area (Å²) in [6.45, 7) is 1.68. The molecule has 1 aromatic rings. The van der Waals surface area contributed by atoms with E-state index in [2.05, 4.69) is 31.1 Å². The zero-order valence-electron chi connectivity index (χ0n) is 10.8. The summed E-state index contributed by atoms with van der Waals surface area (Å²) < 4.78 is 5.74. The summed E-state index contributed by atoms with van der Waals surface area (Å²) in [5.41, 5.74) is 8.76. The number of hydrogen-bond acceptors (Lipinski definition) is 3. The molecule has 17 heavy (non-hydrogen) atoms. The minimum Gasteiger partial charge on any atom is -0.492 e. The van der Waals surface area contributed by atoms with E-state index in [9.17, 15) is 0 Å². The average molecular weight is 234 g/mol. The lowest BCUT2D eigenvalue weighted by Crippen LogP contribution is -2.20. The molecule has 2 rings (SSSR count). The van der Waals surface area contributed by atoms with Crippen LogP contribution in [0.1, 0.15) is 30.0 Å². The van der Waals surface area contributed by atoms with Crippen LogP contribution in [0.5, 0.6) is 5.75 Å². The van der Waals surface area contributed by atoms with Gasteiger partial charge in [-0.1, -0.05) is 6.07 Å². The Labute approximate surface area is 104 Å². The van der Waals surface area contributed by atoms with Crippen molar-refractivity contribution in [2.24, 2.45) is 5.73 Å². The minimum absolute atomic E-state index is 0.217. The van der Waals surface area contributed by atoms with Gasteiger partial charge in [-0.3, -0.25) is 0 Å². The highest BCUT2D eigenvalue weighted by atomic mass is 16.5. The van der Waals surface area contributed by atoms with E-state index in [4.69, 9.17) is 10.5 Å². The number of nitrogens with two attached hydrogens (primary N) is 1. The van der Waals surface area contributed by atoms with Gasteiger partial charge in [0.25, 0.3) is 0 Å². The number of ether oxygens (including phenoxy) is 1. The van der Waals surface area contributed by atoms with Gasteiger partial charge in [0.05, 0.1) is 0 Å². The van der Waals surface area contributed by atoms with E-state index in [-0.39, 0.29) is 6.04 Å². The third-order valence-electron chi connectivity index (χ3n) is 3.28. The molecule has 94 valence electrons. The summed E-state index contributed by atoms with van der Waals surface area (Å²) in [4.78, 5) is 2.12. The van der Waals surface area contributed by atoms with E-state index in [1.165, 1.54) is 17.5 Å². The average Bonchev–Trinajstić information content (AvgIpc) is 2.29. The van der Waals surface area contributed by atoms with Crippen LogP contribution in [0.15, 0.2) is 18.2 Å². The molecule has 0 saturated carbocycles. The molecule has 1 aromatic carbocycles. The Morgan fingerprint density at radius 1 is 1.41 bits per heavy atom. The number of rotatable bonds is 4. The third-order valence-corrected chi connectivity index (χ3v) is 3.28. The van der Waals surface area contributed by atoms with Crippen LogP contribution in [0.25, 0.3) is 0 Å². The van der Waals surface area contributed by atoms with E-state index in [1.807, 2.05) is 6.07 Å². The molecular weight excluding hydrogens is 212 g/mol. The molecule has 3 nitrogen and oxygen atoms in total. The maximum atomic E-state index is 6.09. The van der Waals surface area contributed by atoms with Crippen LogP contribution in [0.2, 0.25) is 0 Å². The summed E-state index contributed by atoms with van der Waals surface area (Å²) in [7, 11) is 4.10. The minimum atomic E-state index is 0.217. The van der Waals surface area contributed by atoms with Crippen molar-refractivity contribution in [3.8, 4) is 5.75 Å². The lowest BCUT2D eigenvalue weighted by atomic mass is 9.88. The van der Waals surface area contributed by atoms with E-state index < -0.39 is 0 Å². The predicted octanol–water partition coefficient (Wildman–Crippen LogP) is 1.96. The van der Waals surface area contributed by atoms with Crippen LogP contribution < -0.4 is 10.5 Å². The molecule has 0 radical (unpaired) electrons. The summed E-state index contributed by atoms with van der Waals surface area (Å²) in [5.74, 6) is 0.972. The van der Waals surface area contributed by atoms with Gasteiger partial charge < -0.3 is 15.4 Å². The first-order valence-corrected chi connectivity index (χ1v) is 6.33. The lowest BCUT2D eigenvalue weighted by molar-refractivity contribution is 0.261. The van der Waals surface area contributed by atoms with E-state index >= 15 is 0 Å². The SMILES string of the molecule is CN(C)CCOc1ccc2c(c1)CCC[C@H]2N. The highest BCUT2D eigenvalue weighted by molar-refractivity contribution is 5.38. The van der Waals surface area contributed by atoms with E-state index in [0.29, 0.717) is 0 Å². The fourth-order valence-corrected chi connectivity index (χ4v) is 2.26. The van der Waals surface area contributed by atoms with E-state index in [0.717, 1.165) is 31.7 Å². The number of nitrogens with zero attached hydrogens (tertiary/aromatic N) is 1. The third kappa shape index (κ3) is 3.20. The molecule has 1 aliphatic carbocycles. The zero-order valence-corrected chi connectivity index (χ0v) is 10.8. The van der Waals surface area contributed by atoms with Crippen LogP contribution >= 0.6 is 0 Å². The Morgan fingerprint density at radius 3 is 3.00 bits per heavy atom. The van der Waals surface area contributed by atoms with Crippen molar-refractivity contribution in [2.45, 2.75) is 25.3 Å². The molecule has 0 aliphatic heterocycles. The quantitative estimate of drug-likeness (QED) is 0.865. The van der Waals surface area contributed by atoms with Gasteiger partial charge in [-0.2, -0.15) is 0 Å². The van der Waals surface area contributed by atoms with Crippen LogP contribution in [0.4, 0.5) is 0 Å². The highest BCUT2D eigenvalue weighted by Crippen LogP contribution is 2.30. The maximum Gasteiger partial charge on any atom is 0.119 e.